The number of hydrogen-bond acceptors (Lipinski definition) is 4. The fraction of sp³-hybridized carbons (Fsp3) is 0.778. The Bertz CT molecular complexity index is 354. The third kappa shape index (κ3) is 19.3. The Morgan fingerprint density at radius 3 is 1.64 bits per heavy atom. The zero-order chi connectivity index (χ0) is 16.1. The molecule has 22 heavy (non-hydrogen) atoms. The Hall–Kier alpha value is -0.660. The van der Waals surface area contributed by atoms with Crippen molar-refractivity contribution < 1.29 is 0 Å². The van der Waals surface area contributed by atoms with Crippen LogP contribution in [0.25, 0.3) is 0 Å². The van der Waals surface area contributed by atoms with Gasteiger partial charge < -0.3 is 0 Å². The number of unbranched alkanes of at least 4 members (excludes halogenated alkanes) is 12. The second-order valence-corrected chi connectivity index (χ2v) is 5.97. The van der Waals surface area contributed by atoms with E-state index >= 15 is 0 Å². The van der Waals surface area contributed by atoms with Gasteiger partial charge in [-0.3, -0.25) is 0 Å². The zero-order valence-electron chi connectivity index (χ0n) is 13.8. The lowest BCUT2D eigenvalue weighted by atomic mass is 10.0. The van der Waals surface area contributed by atoms with Crippen molar-refractivity contribution in [1.29, 1.82) is 0 Å². The van der Waals surface area contributed by atoms with E-state index in [1.165, 1.54) is 70.6 Å². The van der Waals surface area contributed by atoms with Crippen molar-refractivity contribution in [2.45, 2.75) is 83.5 Å². The minimum atomic E-state index is 0.860. The highest BCUT2D eigenvalue weighted by molar-refractivity contribution is 7.78. The minimum Gasteiger partial charge on any atom is -0.233 e. The van der Waals surface area contributed by atoms with Crippen molar-refractivity contribution in [2.75, 3.05) is 6.54 Å². The normalized spacial score (nSPS) is 10.4. The lowest BCUT2D eigenvalue weighted by Gasteiger charge is -2.02. The highest BCUT2D eigenvalue weighted by atomic mass is 32.1. The van der Waals surface area contributed by atoms with Gasteiger partial charge in [0.15, 0.2) is 0 Å². The predicted molar refractivity (Wildman–Crippen MR) is 104 cm³/mol. The summed E-state index contributed by atoms with van der Waals surface area (Å²) in [5.74, 6) is 0. The van der Waals surface area contributed by atoms with Crippen molar-refractivity contribution in [1.82, 2.24) is 0 Å². The quantitative estimate of drug-likeness (QED) is 0.176. The highest BCUT2D eigenvalue weighted by Gasteiger charge is 1.93. The van der Waals surface area contributed by atoms with Crippen LogP contribution in [0.5, 0.6) is 0 Å². The molecule has 0 aromatic carbocycles. The molecule has 0 aromatic rings. The van der Waals surface area contributed by atoms with Gasteiger partial charge in [0.2, 0.25) is 0 Å². The molecule has 0 saturated carbocycles. The van der Waals surface area contributed by atoms with Crippen LogP contribution in [-0.2, 0) is 0 Å². The first-order valence-electron chi connectivity index (χ1n) is 8.67. The SMILES string of the molecule is S=C=NC=CCCCCCCCCCCCCCCN=C=S. The third-order valence-corrected chi connectivity index (χ3v) is 3.92. The Labute approximate surface area is 147 Å². The van der Waals surface area contributed by atoms with Crippen LogP contribution in [0.3, 0.4) is 0 Å². The lowest BCUT2D eigenvalue weighted by molar-refractivity contribution is 0.542. The van der Waals surface area contributed by atoms with E-state index in [4.69, 9.17) is 0 Å². The number of aliphatic imine (C=N–C) groups is 2. The summed E-state index contributed by atoms with van der Waals surface area (Å²) < 4.78 is 0. The van der Waals surface area contributed by atoms with Gasteiger partial charge in [0, 0.05) is 12.7 Å². The van der Waals surface area contributed by atoms with Crippen molar-refractivity contribution in [3.8, 4) is 0 Å². The first-order chi connectivity index (χ1) is 10.9. The molecule has 0 heterocycles. The van der Waals surface area contributed by atoms with E-state index < -0.39 is 0 Å². The number of hydrogen-bond donors (Lipinski definition) is 0. The fourth-order valence-electron chi connectivity index (χ4n) is 2.42. The second-order valence-electron chi connectivity index (χ2n) is 5.61. The number of rotatable bonds is 16. The van der Waals surface area contributed by atoms with E-state index in [1.54, 1.807) is 6.20 Å². The van der Waals surface area contributed by atoms with Crippen molar-refractivity contribution in [2.24, 2.45) is 9.98 Å². The molecular weight excluding hydrogens is 308 g/mol. The summed E-state index contributed by atoms with van der Waals surface area (Å²) in [7, 11) is 0. The first kappa shape index (κ1) is 21.3. The molecule has 0 atom stereocenters. The molecule has 0 aliphatic carbocycles. The van der Waals surface area contributed by atoms with Gasteiger partial charge in [-0.05, 0) is 43.7 Å². The summed E-state index contributed by atoms with van der Waals surface area (Å²) in [5, 5.41) is 4.75. The fourth-order valence-corrected chi connectivity index (χ4v) is 2.58. The Morgan fingerprint density at radius 1 is 0.636 bits per heavy atom. The molecule has 0 bridgehead atoms. The van der Waals surface area contributed by atoms with E-state index in [2.05, 4.69) is 50.8 Å². The summed E-state index contributed by atoms with van der Waals surface area (Å²) in [6, 6.07) is 0. The molecule has 0 fully saturated rings. The minimum absolute atomic E-state index is 0.860. The summed E-state index contributed by atoms with van der Waals surface area (Å²) in [6.07, 6.45) is 21.0. The maximum atomic E-state index is 4.54. The van der Waals surface area contributed by atoms with Crippen LogP contribution in [-0.4, -0.2) is 16.9 Å². The molecule has 0 aliphatic heterocycles. The standard InChI is InChI=1S/C18H30N2S2/c21-17-19-15-13-11-9-7-5-3-1-2-4-6-8-10-12-14-16-20-18-22/h13,15H,1-12,14,16H2. The van der Waals surface area contributed by atoms with E-state index in [0.717, 1.165) is 19.4 Å². The van der Waals surface area contributed by atoms with Crippen molar-refractivity contribution in [3.05, 3.63) is 12.3 Å². The third-order valence-electron chi connectivity index (χ3n) is 3.69. The molecule has 0 saturated heterocycles. The summed E-state index contributed by atoms with van der Waals surface area (Å²) >= 11 is 9.03. The van der Waals surface area contributed by atoms with Crippen LogP contribution >= 0.6 is 24.4 Å². The zero-order valence-corrected chi connectivity index (χ0v) is 15.4. The van der Waals surface area contributed by atoms with E-state index in [-0.39, 0.29) is 0 Å². The molecule has 0 rings (SSSR count). The van der Waals surface area contributed by atoms with Crippen LogP contribution in [0.4, 0.5) is 0 Å². The molecular formula is C18H30N2S2. The molecule has 0 aromatic heterocycles. The van der Waals surface area contributed by atoms with Gasteiger partial charge in [0.05, 0.1) is 10.3 Å². The van der Waals surface area contributed by atoms with Crippen LogP contribution in [0.15, 0.2) is 22.3 Å². The average Bonchev–Trinajstić information content (AvgIpc) is 2.54. The number of thiocarbonyl (C=S) groups is 2. The number of isothiocyanates is 2. The maximum absolute atomic E-state index is 4.54. The summed E-state index contributed by atoms with van der Waals surface area (Å²) in [5.41, 5.74) is 0. The molecule has 4 heteroatoms. The van der Waals surface area contributed by atoms with E-state index in [0.29, 0.717) is 0 Å². The molecule has 2 nitrogen and oxygen atoms in total. The van der Waals surface area contributed by atoms with Crippen molar-refractivity contribution in [3.63, 3.8) is 0 Å². The Morgan fingerprint density at radius 2 is 1.14 bits per heavy atom. The second kappa shape index (κ2) is 20.3. The molecule has 0 aliphatic rings. The Balaban J connectivity index is 3.05. The monoisotopic (exact) mass is 338 g/mol. The summed E-state index contributed by atoms with van der Waals surface area (Å²) in [4.78, 5) is 7.68. The first-order valence-corrected chi connectivity index (χ1v) is 9.49. The molecule has 0 spiro atoms. The van der Waals surface area contributed by atoms with Gasteiger partial charge in [-0.2, -0.15) is 0 Å². The van der Waals surface area contributed by atoms with Crippen LogP contribution in [0, 0.1) is 0 Å². The van der Waals surface area contributed by atoms with E-state index in [1.807, 2.05) is 0 Å². The van der Waals surface area contributed by atoms with Crippen molar-refractivity contribution >= 4 is 34.8 Å². The Kier molecular flexibility index (Phi) is 19.7. The summed E-state index contributed by atoms with van der Waals surface area (Å²) in [6.45, 7) is 0.860. The molecule has 0 amide bonds. The van der Waals surface area contributed by atoms with E-state index in [9.17, 15) is 0 Å². The lowest BCUT2D eigenvalue weighted by Crippen LogP contribution is -1.84. The smallest absolute Gasteiger partial charge is 0.0634 e. The molecule has 124 valence electrons. The molecule has 0 unspecified atom stereocenters. The van der Waals surface area contributed by atoms with Gasteiger partial charge in [-0.1, -0.05) is 70.3 Å². The maximum Gasteiger partial charge on any atom is 0.0634 e. The van der Waals surface area contributed by atoms with Gasteiger partial charge >= 0.3 is 0 Å². The largest absolute Gasteiger partial charge is 0.233 e. The van der Waals surface area contributed by atoms with Gasteiger partial charge in [-0.15, -0.1) is 0 Å². The highest BCUT2D eigenvalue weighted by Crippen LogP contribution is 2.12. The van der Waals surface area contributed by atoms with Crippen LogP contribution < -0.4 is 0 Å². The van der Waals surface area contributed by atoms with Crippen LogP contribution in [0.2, 0.25) is 0 Å². The van der Waals surface area contributed by atoms with Gasteiger partial charge in [-0.25, -0.2) is 9.98 Å². The number of allylic oxidation sites excluding steroid dienone is 1. The molecule has 0 N–H and O–H groups in total. The average molecular weight is 339 g/mol. The predicted octanol–water partition coefficient (Wildman–Crippen LogP) is 6.78. The van der Waals surface area contributed by atoms with Crippen LogP contribution in [0.1, 0.15) is 83.5 Å². The van der Waals surface area contributed by atoms with Gasteiger partial charge in [0.1, 0.15) is 0 Å². The topological polar surface area (TPSA) is 24.7 Å². The molecule has 0 radical (unpaired) electrons. The number of nitrogens with zero attached hydrogens (tertiary/aromatic N) is 2. The van der Waals surface area contributed by atoms with Gasteiger partial charge in [0.25, 0.3) is 0 Å².